The van der Waals surface area contributed by atoms with E-state index in [1.807, 2.05) is 20.8 Å². The van der Waals surface area contributed by atoms with Gasteiger partial charge in [0.25, 0.3) is 0 Å². The van der Waals surface area contributed by atoms with Crippen molar-refractivity contribution in [2.45, 2.75) is 51.7 Å². The van der Waals surface area contributed by atoms with Crippen LogP contribution in [0, 0.1) is 19.3 Å². The lowest BCUT2D eigenvalue weighted by atomic mass is 9.91. The summed E-state index contributed by atoms with van der Waals surface area (Å²) in [5, 5.41) is 0. The van der Waals surface area contributed by atoms with Crippen LogP contribution in [0.1, 0.15) is 43.2 Å². The predicted octanol–water partition coefficient (Wildman–Crippen LogP) is 4.18. The van der Waals surface area contributed by atoms with Crippen LogP contribution in [0.15, 0.2) is 4.21 Å². The van der Waals surface area contributed by atoms with Gasteiger partial charge in [-0.3, -0.25) is 4.79 Å². The number of hydrogen-bond acceptors (Lipinski definition) is 4. The van der Waals surface area contributed by atoms with Crippen LogP contribution in [0.4, 0.5) is 0 Å². The molecule has 0 atom stereocenters. The summed E-state index contributed by atoms with van der Waals surface area (Å²) < 4.78 is 6.41. The molecule has 0 bridgehead atoms. The minimum Gasteiger partial charge on any atom is -0.465 e. The molecule has 0 unspecified atom stereocenters. The standard InChI is InChI=1S/C14H22O2S2/c1-6-14(4,5)13(15)16-8-7-11-9(2)10(3)12(17)18-11/h17H,6-8H2,1-5H3. The summed E-state index contributed by atoms with van der Waals surface area (Å²) in [4.78, 5) is 13.1. The van der Waals surface area contributed by atoms with Gasteiger partial charge >= 0.3 is 5.97 Å². The molecule has 4 heteroatoms. The van der Waals surface area contributed by atoms with Gasteiger partial charge < -0.3 is 4.74 Å². The highest BCUT2D eigenvalue weighted by molar-refractivity contribution is 7.83. The molecule has 18 heavy (non-hydrogen) atoms. The largest absolute Gasteiger partial charge is 0.465 e. The number of carbonyl (C=O) groups is 1. The monoisotopic (exact) mass is 286 g/mol. The number of hydrogen-bond donors (Lipinski definition) is 1. The molecule has 0 fully saturated rings. The van der Waals surface area contributed by atoms with Crippen LogP contribution in [0.25, 0.3) is 0 Å². The van der Waals surface area contributed by atoms with Crippen molar-refractivity contribution < 1.29 is 9.53 Å². The molecule has 0 N–H and O–H groups in total. The number of thiol groups is 1. The molecule has 0 spiro atoms. The van der Waals surface area contributed by atoms with E-state index in [1.54, 1.807) is 11.3 Å². The molecule has 0 aliphatic rings. The van der Waals surface area contributed by atoms with Crippen LogP contribution in [-0.4, -0.2) is 12.6 Å². The van der Waals surface area contributed by atoms with Crippen molar-refractivity contribution in [2.24, 2.45) is 5.41 Å². The zero-order valence-corrected chi connectivity index (χ0v) is 13.5. The lowest BCUT2D eigenvalue weighted by Gasteiger charge is -2.20. The van der Waals surface area contributed by atoms with Crippen LogP contribution in [0.3, 0.4) is 0 Å². The van der Waals surface area contributed by atoms with Gasteiger partial charge in [-0.15, -0.1) is 24.0 Å². The summed E-state index contributed by atoms with van der Waals surface area (Å²) in [6.07, 6.45) is 1.58. The Bertz CT molecular complexity index is 433. The number of esters is 1. The number of rotatable bonds is 5. The molecule has 2 nitrogen and oxygen atoms in total. The minimum atomic E-state index is -0.380. The highest BCUT2D eigenvalue weighted by Gasteiger charge is 2.26. The average Bonchev–Trinajstić information content (AvgIpc) is 2.57. The molecule has 0 aliphatic carbocycles. The lowest BCUT2D eigenvalue weighted by molar-refractivity contribution is -0.154. The van der Waals surface area contributed by atoms with Crippen molar-refractivity contribution >= 4 is 29.9 Å². The summed E-state index contributed by atoms with van der Waals surface area (Å²) in [5.41, 5.74) is 2.13. The Labute approximate surface area is 119 Å². The quantitative estimate of drug-likeness (QED) is 0.649. The summed E-state index contributed by atoms with van der Waals surface area (Å²) in [5.74, 6) is -0.109. The fraction of sp³-hybridized carbons (Fsp3) is 0.643. The third-order valence-electron chi connectivity index (χ3n) is 3.52. The Balaban J connectivity index is 2.52. The fourth-order valence-corrected chi connectivity index (χ4v) is 2.98. The van der Waals surface area contributed by atoms with Gasteiger partial charge in [0, 0.05) is 11.3 Å². The highest BCUT2D eigenvalue weighted by atomic mass is 32.2. The third-order valence-corrected chi connectivity index (χ3v) is 5.39. The van der Waals surface area contributed by atoms with E-state index in [2.05, 4.69) is 26.5 Å². The Morgan fingerprint density at radius 3 is 2.39 bits per heavy atom. The van der Waals surface area contributed by atoms with E-state index in [0.29, 0.717) is 6.61 Å². The average molecular weight is 286 g/mol. The van der Waals surface area contributed by atoms with Crippen LogP contribution in [-0.2, 0) is 16.0 Å². The van der Waals surface area contributed by atoms with Crippen LogP contribution in [0.5, 0.6) is 0 Å². The second kappa shape index (κ2) is 6.11. The maximum atomic E-state index is 11.8. The Hall–Kier alpha value is -0.480. The molecule has 1 aromatic rings. The maximum absolute atomic E-state index is 11.8. The summed E-state index contributed by atoms with van der Waals surface area (Å²) in [7, 11) is 0. The molecular formula is C14H22O2S2. The zero-order valence-electron chi connectivity index (χ0n) is 11.8. The number of ether oxygens (including phenoxy) is 1. The van der Waals surface area contributed by atoms with Crippen LogP contribution in [0.2, 0.25) is 0 Å². The first kappa shape index (κ1) is 15.6. The van der Waals surface area contributed by atoms with E-state index >= 15 is 0 Å². The van der Waals surface area contributed by atoms with Gasteiger partial charge in [0.05, 0.1) is 16.2 Å². The summed E-state index contributed by atoms with van der Waals surface area (Å²) in [6, 6.07) is 0. The zero-order chi connectivity index (χ0) is 13.9. The van der Waals surface area contributed by atoms with Crippen molar-refractivity contribution in [1.29, 1.82) is 0 Å². The molecular weight excluding hydrogens is 264 g/mol. The SMILES string of the molecule is CCC(C)(C)C(=O)OCCc1sc(S)c(C)c1C. The highest BCUT2D eigenvalue weighted by Crippen LogP contribution is 2.30. The van der Waals surface area contributed by atoms with Crippen molar-refractivity contribution in [3.8, 4) is 0 Å². The molecule has 0 radical (unpaired) electrons. The van der Waals surface area contributed by atoms with Crippen molar-refractivity contribution in [3.63, 3.8) is 0 Å². The molecule has 1 aromatic heterocycles. The fourth-order valence-electron chi connectivity index (χ4n) is 1.45. The first-order chi connectivity index (χ1) is 8.29. The van der Waals surface area contributed by atoms with E-state index in [-0.39, 0.29) is 11.4 Å². The third kappa shape index (κ3) is 3.51. The molecule has 102 valence electrons. The van der Waals surface area contributed by atoms with Crippen molar-refractivity contribution in [1.82, 2.24) is 0 Å². The van der Waals surface area contributed by atoms with Crippen molar-refractivity contribution in [2.75, 3.05) is 6.61 Å². The van der Waals surface area contributed by atoms with Crippen molar-refractivity contribution in [3.05, 3.63) is 16.0 Å². The van der Waals surface area contributed by atoms with E-state index in [1.165, 1.54) is 16.0 Å². The topological polar surface area (TPSA) is 26.3 Å². The van der Waals surface area contributed by atoms with Gasteiger partial charge in [-0.25, -0.2) is 0 Å². The molecule has 0 aliphatic heterocycles. The molecule has 0 saturated heterocycles. The number of thiophene rings is 1. The van der Waals surface area contributed by atoms with Gasteiger partial charge in [0.15, 0.2) is 0 Å². The van der Waals surface area contributed by atoms with E-state index in [0.717, 1.165) is 17.1 Å². The molecule has 1 rings (SSSR count). The van der Waals surface area contributed by atoms with Gasteiger partial charge in [0.2, 0.25) is 0 Å². The molecule has 0 amide bonds. The first-order valence-electron chi connectivity index (χ1n) is 6.24. The van der Waals surface area contributed by atoms with E-state index in [4.69, 9.17) is 4.74 Å². The Morgan fingerprint density at radius 1 is 1.33 bits per heavy atom. The second-order valence-corrected chi connectivity index (χ2v) is 7.06. The predicted molar refractivity (Wildman–Crippen MR) is 79.8 cm³/mol. The van der Waals surface area contributed by atoms with Gasteiger partial charge in [-0.2, -0.15) is 0 Å². The molecule has 1 heterocycles. The normalized spacial score (nSPS) is 11.7. The van der Waals surface area contributed by atoms with Crippen LogP contribution < -0.4 is 0 Å². The van der Waals surface area contributed by atoms with Crippen LogP contribution >= 0.6 is 24.0 Å². The Morgan fingerprint density at radius 2 is 1.94 bits per heavy atom. The van der Waals surface area contributed by atoms with Gasteiger partial charge in [0.1, 0.15) is 0 Å². The first-order valence-corrected chi connectivity index (χ1v) is 7.51. The minimum absolute atomic E-state index is 0.109. The van der Waals surface area contributed by atoms with Gasteiger partial charge in [-0.05, 0) is 45.2 Å². The summed E-state index contributed by atoms with van der Waals surface area (Å²) >= 11 is 6.10. The maximum Gasteiger partial charge on any atom is 0.311 e. The molecule has 0 saturated carbocycles. The molecule has 0 aromatic carbocycles. The van der Waals surface area contributed by atoms with Gasteiger partial charge in [-0.1, -0.05) is 6.92 Å². The van der Waals surface area contributed by atoms with E-state index < -0.39 is 0 Å². The smallest absolute Gasteiger partial charge is 0.311 e. The second-order valence-electron chi connectivity index (χ2n) is 5.20. The van der Waals surface area contributed by atoms with E-state index in [9.17, 15) is 4.79 Å². The number of carbonyl (C=O) groups excluding carboxylic acids is 1. The Kier molecular flexibility index (Phi) is 5.29. The summed E-state index contributed by atoms with van der Waals surface area (Å²) in [6.45, 7) is 10.5. The lowest BCUT2D eigenvalue weighted by Crippen LogP contribution is -2.26.